The Morgan fingerprint density at radius 1 is 1.17 bits per heavy atom. The van der Waals surface area contributed by atoms with Crippen molar-refractivity contribution in [1.82, 2.24) is 34.5 Å². The number of piperidine rings is 1. The van der Waals surface area contributed by atoms with Gasteiger partial charge in [-0.3, -0.25) is 18.9 Å². The van der Waals surface area contributed by atoms with E-state index in [9.17, 15) is 9.59 Å². The maximum absolute atomic E-state index is 13.4. The van der Waals surface area contributed by atoms with Gasteiger partial charge in [0.2, 0.25) is 5.78 Å². The minimum Gasteiger partial charge on any atom is -0.329 e. The molecule has 2 atom stereocenters. The smallest absolute Gasteiger partial charge is 0.278 e. The lowest BCUT2D eigenvalue weighted by Gasteiger charge is -2.39. The summed E-state index contributed by atoms with van der Waals surface area (Å²) in [7, 11) is 0. The SMILES string of the molecule is Cc1nonc1C(=O)N1C2CCN(Cc3c(-c4ccc(Cl)cc4)nc4ncccn34)CC1CC(=O)C2. The lowest BCUT2D eigenvalue weighted by atomic mass is 9.93. The molecule has 2 fully saturated rings. The summed E-state index contributed by atoms with van der Waals surface area (Å²) >= 11 is 6.12. The van der Waals surface area contributed by atoms with Crippen LogP contribution in [0.5, 0.6) is 0 Å². The molecule has 2 saturated heterocycles. The Kier molecular flexibility index (Phi) is 5.77. The molecule has 2 aliphatic rings. The molecule has 2 unspecified atom stereocenters. The average Bonchev–Trinajstić information content (AvgIpc) is 3.43. The number of rotatable bonds is 4. The van der Waals surface area contributed by atoms with Gasteiger partial charge < -0.3 is 4.90 Å². The van der Waals surface area contributed by atoms with Crippen molar-refractivity contribution in [3.8, 4) is 11.3 Å². The molecular formula is C25H24ClN7O3. The predicted octanol–water partition coefficient (Wildman–Crippen LogP) is 3.19. The molecule has 0 aliphatic carbocycles. The summed E-state index contributed by atoms with van der Waals surface area (Å²) in [6.45, 7) is 3.59. The quantitative estimate of drug-likeness (QED) is 0.416. The van der Waals surface area contributed by atoms with Gasteiger partial charge in [0.25, 0.3) is 5.91 Å². The molecule has 2 bridgehead atoms. The fourth-order valence-corrected chi connectivity index (χ4v) is 5.50. The largest absolute Gasteiger partial charge is 0.329 e. The summed E-state index contributed by atoms with van der Waals surface area (Å²) in [5.41, 5.74) is 3.46. The van der Waals surface area contributed by atoms with E-state index in [0.29, 0.717) is 48.8 Å². The van der Waals surface area contributed by atoms with Crippen LogP contribution >= 0.6 is 11.6 Å². The second-order valence-corrected chi connectivity index (χ2v) is 9.83. The van der Waals surface area contributed by atoms with Gasteiger partial charge in [-0.25, -0.2) is 14.6 Å². The number of amides is 1. The fourth-order valence-electron chi connectivity index (χ4n) is 5.38. The molecule has 5 heterocycles. The van der Waals surface area contributed by atoms with E-state index in [2.05, 4.69) is 20.2 Å². The number of benzene rings is 1. The van der Waals surface area contributed by atoms with E-state index in [1.165, 1.54) is 0 Å². The molecule has 184 valence electrons. The monoisotopic (exact) mass is 505 g/mol. The predicted molar refractivity (Wildman–Crippen MR) is 130 cm³/mol. The highest BCUT2D eigenvalue weighted by atomic mass is 35.5. The van der Waals surface area contributed by atoms with E-state index >= 15 is 0 Å². The van der Waals surface area contributed by atoms with Crippen molar-refractivity contribution in [3.05, 3.63) is 64.8 Å². The van der Waals surface area contributed by atoms with E-state index in [1.54, 1.807) is 13.1 Å². The summed E-state index contributed by atoms with van der Waals surface area (Å²) in [6, 6.07) is 9.06. The molecule has 6 rings (SSSR count). The van der Waals surface area contributed by atoms with Crippen LogP contribution in [-0.2, 0) is 11.3 Å². The van der Waals surface area contributed by atoms with Crippen molar-refractivity contribution in [2.24, 2.45) is 0 Å². The molecule has 0 spiro atoms. The maximum Gasteiger partial charge on any atom is 0.278 e. The second-order valence-electron chi connectivity index (χ2n) is 9.39. The van der Waals surface area contributed by atoms with Crippen LogP contribution in [0.4, 0.5) is 0 Å². The first-order valence-electron chi connectivity index (χ1n) is 11.9. The molecule has 4 aromatic rings. The number of hydrogen-bond donors (Lipinski definition) is 0. The number of carbonyl (C=O) groups is 2. The van der Waals surface area contributed by atoms with Gasteiger partial charge in [0.15, 0.2) is 5.69 Å². The average molecular weight is 506 g/mol. The topological polar surface area (TPSA) is 110 Å². The maximum atomic E-state index is 13.4. The fraction of sp³-hybridized carbons (Fsp3) is 0.360. The molecule has 0 N–H and O–H groups in total. The summed E-state index contributed by atoms with van der Waals surface area (Å²) in [5, 5.41) is 8.26. The Morgan fingerprint density at radius 2 is 1.97 bits per heavy atom. The van der Waals surface area contributed by atoms with Gasteiger partial charge in [0.05, 0.1) is 17.4 Å². The number of ketones is 1. The van der Waals surface area contributed by atoms with Crippen molar-refractivity contribution < 1.29 is 14.2 Å². The third kappa shape index (κ3) is 4.06. The Bertz CT molecular complexity index is 1450. The van der Waals surface area contributed by atoms with Gasteiger partial charge >= 0.3 is 0 Å². The van der Waals surface area contributed by atoms with Crippen LogP contribution in [0.25, 0.3) is 17.0 Å². The molecule has 0 radical (unpaired) electrons. The second kappa shape index (κ2) is 9.11. The number of nitrogens with zero attached hydrogens (tertiary/aromatic N) is 7. The molecule has 1 aromatic carbocycles. The highest BCUT2D eigenvalue weighted by Crippen LogP contribution is 2.31. The van der Waals surface area contributed by atoms with E-state index < -0.39 is 0 Å². The van der Waals surface area contributed by atoms with Gasteiger partial charge in [0, 0.05) is 61.5 Å². The summed E-state index contributed by atoms with van der Waals surface area (Å²) < 4.78 is 6.78. The molecule has 11 heteroatoms. The molecular weight excluding hydrogens is 482 g/mol. The number of aromatic nitrogens is 5. The number of hydrogen-bond acceptors (Lipinski definition) is 8. The van der Waals surface area contributed by atoms with Gasteiger partial charge in [0.1, 0.15) is 11.5 Å². The normalized spacial score (nSPS) is 20.6. The van der Waals surface area contributed by atoms with E-state index in [0.717, 1.165) is 23.5 Å². The zero-order valence-corrected chi connectivity index (χ0v) is 20.4. The van der Waals surface area contributed by atoms with Crippen LogP contribution in [0, 0.1) is 6.92 Å². The number of aryl methyl sites for hydroxylation is 1. The standard InChI is InChI=1S/C25H24ClN7O3/c1-15-22(30-36-29-15)24(35)33-18-7-10-31(13-19(33)12-20(34)11-18)14-21-23(16-3-5-17(26)6-4-16)28-25-27-8-2-9-32(21)25/h2-6,8-9,18-19H,7,10-14H2,1H3. The summed E-state index contributed by atoms with van der Waals surface area (Å²) in [6.07, 6.45) is 5.05. The Morgan fingerprint density at radius 3 is 2.75 bits per heavy atom. The molecule has 36 heavy (non-hydrogen) atoms. The van der Waals surface area contributed by atoms with Crippen molar-refractivity contribution in [3.63, 3.8) is 0 Å². The number of fused-ring (bicyclic) bond motifs is 3. The Balaban J connectivity index is 1.33. The van der Waals surface area contributed by atoms with Gasteiger partial charge in [-0.15, -0.1) is 0 Å². The first-order chi connectivity index (χ1) is 17.5. The van der Waals surface area contributed by atoms with Crippen molar-refractivity contribution >= 4 is 29.1 Å². The Hall–Kier alpha value is -3.63. The Labute approximate surface area is 211 Å². The number of carbonyl (C=O) groups excluding carboxylic acids is 2. The highest BCUT2D eigenvalue weighted by molar-refractivity contribution is 6.30. The van der Waals surface area contributed by atoms with Crippen LogP contribution < -0.4 is 0 Å². The molecule has 2 aliphatic heterocycles. The van der Waals surface area contributed by atoms with Crippen LogP contribution in [0.3, 0.4) is 0 Å². The minimum absolute atomic E-state index is 0.176. The third-order valence-corrected chi connectivity index (χ3v) is 7.30. The van der Waals surface area contributed by atoms with Crippen molar-refractivity contribution in [2.75, 3.05) is 13.1 Å². The van der Waals surface area contributed by atoms with Crippen LogP contribution in [0.2, 0.25) is 5.02 Å². The first-order valence-corrected chi connectivity index (χ1v) is 12.3. The molecule has 1 amide bonds. The highest BCUT2D eigenvalue weighted by Gasteiger charge is 2.42. The molecule has 10 nitrogen and oxygen atoms in total. The van der Waals surface area contributed by atoms with Gasteiger partial charge in [-0.05, 0) is 36.7 Å². The lowest BCUT2D eigenvalue weighted by molar-refractivity contribution is -0.124. The van der Waals surface area contributed by atoms with E-state index in [4.69, 9.17) is 21.2 Å². The van der Waals surface area contributed by atoms with Crippen molar-refractivity contribution in [1.29, 1.82) is 0 Å². The van der Waals surface area contributed by atoms with Crippen LogP contribution in [-0.4, -0.2) is 71.3 Å². The number of Topliss-reactive ketones (excluding diaryl/α,β-unsaturated/α-hetero) is 1. The minimum atomic E-state index is -0.251. The van der Waals surface area contributed by atoms with Crippen LogP contribution in [0.1, 0.15) is 41.1 Å². The molecule has 0 saturated carbocycles. The first kappa shape index (κ1) is 22.8. The molecule has 3 aromatic heterocycles. The zero-order chi connectivity index (χ0) is 24.8. The number of imidazole rings is 1. The summed E-state index contributed by atoms with van der Waals surface area (Å²) in [4.78, 5) is 39.4. The van der Waals surface area contributed by atoms with E-state index in [1.807, 2.05) is 45.8 Å². The van der Waals surface area contributed by atoms with Gasteiger partial charge in [-0.2, -0.15) is 0 Å². The van der Waals surface area contributed by atoms with Crippen LogP contribution in [0.15, 0.2) is 47.4 Å². The number of halogens is 1. The van der Waals surface area contributed by atoms with Crippen molar-refractivity contribution in [2.45, 2.75) is 44.8 Å². The summed E-state index contributed by atoms with van der Waals surface area (Å²) in [5.74, 6) is 0.581. The lowest BCUT2D eigenvalue weighted by Crippen LogP contribution is -2.53. The third-order valence-electron chi connectivity index (χ3n) is 7.04. The van der Waals surface area contributed by atoms with Gasteiger partial charge in [-0.1, -0.05) is 28.9 Å². The van der Waals surface area contributed by atoms with E-state index in [-0.39, 0.29) is 29.5 Å². The zero-order valence-electron chi connectivity index (χ0n) is 19.7.